The first-order valence-electron chi connectivity index (χ1n) is 5.96. The van der Waals surface area contributed by atoms with E-state index in [9.17, 15) is 0 Å². The van der Waals surface area contributed by atoms with Gasteiger partial charge in [0.2, 0.25) is 0 Å². The van der Waals surface area contributed by atoms with E-state index in [1.165, 1.54) is 0 Å². The molecule has 0 unspecified atom stereocenters. The van der Waals surface area contributed by atoms with Crippen molar-refractivity contribution < 1.29 is 0 Å². The van der Waals surface area contributed by atoms with E-state index in [0.717, 1.165) is 30.4 Å². The van der Waals surface area contributed by atoms with Gasteiger partial charge in [-0.15, -0.1) is 0 Å². The lowest BCUT2D eigenvalue weighted by molar-refractivity contribution is 0.861. The van der Waals surface area contributed by atoms with Crippen LogP contribution in [-0.4, -0.2) is 28.5 Å². The number of nitrogens with zero attached hydrogens (tertiary/aromatic N) is 4. The number of pyridine rings is 1. The van der Waals surface area contributed by atoms with Crippen LogP contribution in [0.25, 0.3) is 0 Å². The molecule has 2 heterocycles. The Labute approximate surface area is 107 Å². The summed E-state index contributed by atoms with van der Waals surface area (Å²) in [6.07, 6.45) is 3.37. The van der Waals surface area contributed by atoms with Gasteiger partial charge in [-0.2, -0.15) is 0 Å². The first kappa shape index (κ1) is 12.3. The van der Waals surface area contributed by atoms with Crippen molar-refractivity contribution in [3.8, 4) is 0 Å². The number of rotatable bonds is 5. The molecule has 0 amide bonds. The largest absolute Gasteiger partial charge is 0.370 e. The summed E-state index contributed by atoms with van der Waals surface area (Å²) >= 11 is 0. The van der Waals surface area contributed by atoms with E-state index in [0.29, 0.717) is 0 Å². The van der Waals surface area contributed by atoms with Gasteiger partial charge in [0.1, 0.15) is 18.0 Å². The topological polar surface area (TPSA) is 53.9 Å². The van der Waals surface area contributed by atoms with Crippen LogP contribution in [0, 0.1) is 0 Å². The van der Waals surface area contributed by atoms with Gasteiger partial charge in [0.25, 0.3) is 0 Å². The molecule has 0 aliphatic rings. The number of nitrogens with one attached hydrogen (secondary N) is 1. The molecule has 2 aromatic rings. The molecule has 1 N–H and O–H groups in total. The van der Waals surface area contributed by atoms with Crippen molar-refractivity contribution in [3.63, 3.8) is 0 Å². The summed E-state index contributed by atoms with van der Waals surface area (Å²) in [5.41, 5.74) is 1.02. The van der Waals surface area contributed by atoms with Gasteiger partial charge in [-0.1, -0.05) is 6.07 Å². The zero-order valence-corrected chi connectivity index (χ0v) is 10.7. The molecule has 0 bridgehead atoms. The molecular weight excluding hydrogens is 226 g/mol. The minimum Gasteiger partial charge on any atom is -0.370 e. The Morgan fingerprint density at radius 3 is 2.83 bits per heavy atom. The molecule has 5 heteroatoms. The van der Waals surface area contributed by atoms with E-state index in [1.807, 2.05) is 43.1 Å². The van der Waals surface area contributed by atoms with Gasteiger partial charge < -0.3 is 10.2 Å². The zero-order valence-electron chi connectivity index (χ0n) is 10.7. The highest BCUT2D eigenvalue weighted by atomic mass is 15.2. The van der Waals surface area contributed by atoms with Crippen LogP contribution in [0.4, 0.5) is 11.6 Å². The third-order valence-corrected chi connectivity index (χ3v) is 2.53. The average molecular weight is 243 g/mol. The van der Waals surface area contributed by atoms with Crippen LogP contribution >= 0.6 is 0 Å². The van der Waals surface area contributed by atoms with E-state index in [2.05, 4.69) is 20.3 Å². The standard InChI is InChI=1S/C13H17N5/c1-3-14-12-8-13(17-10-16-12)18(2)9-11-6-4-5-7-15-11/h4-8,10H,3,9H2,1-2H3,(H,14,16,17). The second-order valence-electron chi connectivity index (χ2n) is 3.97. The molecule has 0 saturated heterocycles. The van der Waals surface area contributed by atoms with Gasteiger partial charge in [-0.3, -0.25) is 4.98 Å². The first-order chi connectivity index (χ1) is 8.79. The molecule has 0 atom stereocenters. The second-order valence-corrected chi connectivity index (χ2v) is 3.97. The third kappa shape index (κ3) is 3.16. The molecule has 0 spiro atoms. The van der Waals surface area contributed by atoms with Crippen LogP contribution in [0.1, 0.15) is 12.6 Å². The highest BCUT2D eigenvalue weighted by molar-refractivity contribution is 5.47. The normalized spacial score (nSPS) is 10.1. The highest BCUT2D eigenvalue weighted by Gasteiger charge is 2.05. The van der Waals surface area contributed by atoms with Crippen molar-refractivity contribution in [1.29, 1.82) is 0 Å². The fourth-order valence-electron chi connectivity index (χ4n) is 1.65. The molecule has 5 nitrogen and oxygen atoms in total. The first-order valence-corrected chi connectivity index (χ1v) is 5.96. The van der Waals surface area contributed by atoms with Crippen LogP contribution in [0.15, 0.2) is 36.8 Å². The summed E-state index contributed by atoms with van der Waals surface area (Å²) in [6, 6.07) is 7.84. The number of hydrogen-bond acceptors (Lipinski definition) is 5. The van der Waals surface area contributed by atoms with Crippen molar-refractivity contribution in [2.45, 2.75) is 13.5 Å². The molecule has 2 aromatic heterocycles. The number of hydrogen-bond donors (Lipinski definition) is 1. The monoisotopic (exact) mass is 243 g/mol. The average Bonchev–Trinajstić information content (AvgIpc) is 2.40. The predicted molar refractivity (Wildman–Crippen MR) is 72.5 cm³/mol. The molecule has 0 aliphatic heterocycles. The smallest absolute Gasteiger partial charge is 0.134 e. The molecule has 0 aliphatic carbocycles. The van der Waals surface area contributed by atoms with E-state index in [1.54, 1.807) is 12.5 Å². The van der Waals surface area contributed by atoms with Crippen molar-refractivity contribution >= 4 is 11.6 Å². The van der Waals surface area contributed by atoms with Crippen molar-refractivity contribution in [2.24, 2.45) is 0 Å². The SMILES string of the molecule is CCNc1cc(N(C)Cc2ccccn2)ncn1. The number of anilines is 2. The Hall–Kier alpha value is -2.17. The van der Waals surface area contributed by atoms with Crippen molar-refractivity contribution in [2.75, 3.05) is 23.8 Å². The maximum absolute atomic E-state index is 4.30. The lowest BCUT2D eigenvalue weighted by Crippen LogP contribution is -2.18. The summed E-state index contributed by atoms with van der Waals surface area (Å²) < 4.78 is 0. The number of aromatic nitrogens is 3. The Morgan fingerprint density at radius 1 is 1.22 bits per heavy atom. The van der Waals surface area contributed by atoms with Crippen LogP contribution in [-0.2, 0) is 6.54 Å². The molecule has 18 heavy (non-hydrogen) atoms. The van der Waals surface area contributed by atoms with E-state index in [4.69, 9.17) is 0 Å². The summed E-state index contributed by atoms with van der Waals surface area (Å²) in [5, 5.41) is 3.17. The third-order valence-electron chi connectivity index (χ3n) is 2.53. The molecule has 94 valence electrons. The lowest BCUT2D eigenvalue weighted by atomic mass is 10.3. The van der Waals surface area contributed by atoms with Crippen molar-refractivity contribution in [3.05, 3.63) is 42.5 Å². The van der Waals surface area contributed by atoms with Crippen LogP contribution in [0.3, 0.4) is 0 Å². The van der Waals surface area contributed by atoms with Gasteiger partial charge in [-0.25, -0.2) is 9.97 Å². The fourth-order valence-corrected chi connectivity index (χ4v) is 1.65. The van der Waals surface area contributed by atoms with E-state index in [-0.39, 0.29) is 0 Å². The summed E-state index contributed by atoms with van der Waals surface area (Å²) in [4.78, 5) is 14.8. The van der Waals surface area contributed by atoms with Gasteiger partial charge in [0, 0.05) is 25.9 Å². The minimum atomic E-state index is 0.726. The quantitative estimate of drug-likeness (QED) is 0.869. The van der Waals surface area contributed by atoms with Crippen molar-refractivity contribution in [1.82, 2.24) is 15.0 Å². The lowest BCUT2D eigenvalue weighted by Gasteiger charge is -2.18. The summed E-state index contributed by atoms with van der Waals surface area (Å²) in [5.74, 6) is 1.72. The second kappa shape index (κ2) is 5.95. The molecule has 2 rings (SSSR count). The molecular formula is C13H17N5. The van der Waals surface area contributed by atoms with Crippen LogP contribution < -0.4 is 10.2 Å². The Kier molecular flexibility index (Phi) is 4.06. The minimum absolute atomic E-state index is 0.726. The summed E-state index contributed by atoms with van der Waals surface area (Å²) in [7, 11) is 1.99. The van der Waals surface area contributed by atoms with Gasteiger partial charge >= 0.3 is 0 Å². The van der Waals surface area contributed by atoms with E-state index < -0.39 is 0 Å². The zero-order chi connectivity index (χ0) is 12.8. The van der Waals surface area contributed by atoms with Gasteiger partial charge in [0.15, 0.2) is 0 Å². The van der Waals surface area contributed by atoms with Gasteiger partial charge in [0.05, 0.1) is 12.2 Å². The van der Waals surface area contributed by atoms with Crippen LogP contribution in [0.5, 0.6) is 0 Å². The molecule has 0 radical (unpaired) electrons. The Morgan fingerprint density at radius 2 is 2.11 bits per heavy atom. The Balaban J connectivity index is 2.08. The molecule has 0 fully saturated rings. The molecule has 0 aromatic carbocycles. The van der Waals surface area contributed by atoms with Crippen LogP contribution in [0.2, 0.25) is 0 Å². The highest BCUT2D eigenvalue weighted by Crippen LogP contribution is 2.14. The molecule has 0 saturated carbocycles. The van der Waals surface area contributed by atoms with E-state index >= 15 is 0 Å². The maximum atomic E-state index is 4.30. The predicted octanol–water partition coefficient (Wildman–Crippen LogP) is 1.94. The maximum Gasteiger partial charge on any atom is 0.134 e. The van der Waals surface area contributed by atoms with Gasteiger partial charge in [-0.05, 0) is 19.1 Å². The fraction of sp³-hybridized carbons (Fsp3) is 0.308. The summed E-state index contributed by atoms with van der Waals surface area (Å²) in [6.45, 7) is 3.61. The Bertz CT molecular complexity index is 486.